The molecular weight excluding hydrogens is 441 g/mol. The molecule has 4 fully saturated rings. The van der Waals surface area contributed by atoms with Crippen molar-refractivity contribution < 1.29 is 13.2 Å². The first-order valence-electron chi connectivity index (χ1n) is 13.0. The van der Waals surface area contributed by atoms with Crippen LogP contribution in [0.4, 0.5) is 18.9 Å². The number of fused-ring (bicyclic) bond motifs is 3. The standard InChI is InChI=1S/C25H39F3N6/c1-16-10-20-19(5-7-22-21(20)12-30-31-22)25(34(16)15-24(27)28)23-6-4-17(11-29-23)32(2)18-13-33(14-18)9-3-8-26/h4,6,11,16,18-22,24-25,30-31H,3,5,7-10,12-15H2,1-2H3/t16-,19?,20?,21?,22?,25+/m1/s1. The number of likely N-dealkylation sites (tertiary alicyclic amines) is 2. The lowest BCUT2D eigenvalue weighted by Gasteiger charge is -2.53. The molecule has 0 amide bonds. The van der Waals surface area contributed by atoms with Gasteiger partial charge in [0.25, 0.3) is 6.43 Å². The van der Waals surface area contributed by atoms with Crippen LogP contribution in [-0.2, 0) is 0 Å². The van der Waals surface area contributed by atoms with E-state index in [1.807, 2.05) is 11.1 Å². The van der Waals surface area contributed by atoms with Gasteiger partial charge < -0.3 is 4.90 Å². The van der Waals surface area contributed by atoms with Gasteiger partial charge in [-0.05, 0) is 62.5 Å². The average Bonchev–Trinajstić information content (AvgIpc) is 3.28. The summed E-state index contributed by atoms with van der Waals surface area (Å²) in [4.78, 5) is 11.4. The smallest absolute Gasteiger partial charge is 0.251 e. The quantitative estimate of drug-likeness (QED) is 0.597. The maximum atomic E-state index is 13.6. The Morgan fingerprint density at radius 2 is 2.00 bits per heavy atom. The number of hydrazine groups is 1. The van der Waals surface area contributed by atoms with E-state index >= 15 is 0 Å². The number of likely N-dealkylation sites (N-methyl/N-ethyl adjacent to an activating group) is 1. The fourth-order valence-corrected chi connectivity index (χ4v) is 7.08. The number of nitrogens with zero attached hydrogens (tertiary/aromatic N) is 4. The lowest BCUT2D eigenvalue weighted by molar-refractivity contribution is -0.0624. The van der Waals surface area contributed by atoms with Crippen molar-refractivity contribution in [2.45, 2.75) is 63.2 Å². The summed E-state index contributed by atoms with van der Waals surface area (Å²) >= 11 is 0. The van der Waals surface area contributed by atoms with Crippen LogP contribution in [0.3, 0.4) is 0 Å². The third kappa shape index (κ3) is 4.68. The number of hydrogen-bond donors (Lipinski definition) is 2. The Kier molecular flexibility index (Phi) is 7.35. The molecule has 3 saturated heterocycles. The summed E-state index contributed by atoms with van der Waals surface area (Å²) in [6, 6.07) is 5.11. The van der Waals surface area contributed by atoms with E-state index in [-0.39, 0.29) is 25.3 Å². The second kappa shape index (κ2) is 10.3. The molecule has 3 aliphatic heterocycles. The number of piperidine rings is 1. The van der Waals surface area contributed by atoms with Crippen molar-refractivity contribution in [3.8, 4) is 0 Å². The molecule has 4 unspecified atom stereocenters. The lowest BCUT2D eigenvalue weighted by Crippen LogP contribution is -2.58. The number of hydrogen-bond acceptors (Lipinski definition) is 6. The molecule has 190 valence electrons. The van der Waals surface area contributed by atoms with E-state index in [1.54, 1.807) is 0 Å². The maximum absolute atomic E-state index is 13.6. The van der Waals surface area contributed by atoms with Crippen molar-refractivity contribution in [2.75, 3.05) is 51.3 Å². The molecule has 5 rings (SSSR count). The predicted octanol–water partition coefficient (Wildman–Crippen LogP) is 3.08. The number of rotatable bonds is 8. The Morgan fingerprint density at radius 3 is 2.71 bits per heavy atom. The number of alkyl halides is 3. The molecular formula is C25H39F3N6. The number of nitrogens with one attached hydrogen (secondary N) is 2. The van der Waals surface area contributed by atoms with E-state index in [2.05, 4.69) is 46.8 Å². The van der Waals surface area contributed by atoms with Crippen LogP contribution in [0.25, 0.3) is 0 Å². The summed E-state index contributed by atoms with van der Waals surface area (Å²) in [5.41, 5.74) is 8.75. The van der Waals surface area contributed by atoms with E-state index in [4.69, 9.17) is 4.98 Å². The van der Waals surface area contributed by atoms with E-state index in [0.717, 1.165) is 56.8 Å². The van der Waals surface area contributed by atoms with Crippen LogP contribution in [0, 0.1) is 17.8 Å². The van der Waals surface area contributed by atoms with Gasteiger partial charge in [-0.1, -0.05) is 0 Å². The Hall–Kier alpha value is -1.42. The Labute approximate surface area is 201 Å². The fourth-order valence-electron chi connectivity index (χ4n) is 7.08. The van der Waals surface area contributed by atoms with Gasteiger partial charge in [-0.2, -0.15) is 0 Å². The normalized spacial score (nSPS) is 34.6. The molecule has 1 aliphatic carbocycles. The van der Waals surface area contributed by atoms with Crippen LogP contribution < -0.4 is 15.8 Å². The maximum Gasteiger partial charge on any atom is 0.251 e. The summed E-state index contributed by atoms with van der Waals surface area (Å²) < 4.78 is 39.7. The minimum absolute atomic E-state index is 0.0662. The zero-order chi connectivity index (χ0) is 23.8. The lowest BCUT2D eigenvalue weighted by atomic mass is 9.62. The summed E-state index contributed by atoms with van der Waals surface area (Å²) in [5, 5.41) is 0. The highest BCUT2D eigenvalue weighted by Gasteiger charge is 2.51. The molecule has 1 saturated carbocycles. The summed E-state index contributed by atoms with van der Waals surface area (Å²) in [6.07, 6.45) is 3.25. The Bertz CT molecular complexity index is 804. The minimum Gasteiger partial charge on any atom is -0.368 e. The Balaban J connectivity index is 1.33. The molecule has 0 spiro atoms. The van der Waals surface area contributed by atoms with Crippen molar-refractivity contribution >= 4 is 5.69 Å². The zero-order valence-electron chi connectivity index (χ0n) is 20.3. The molecule has 0 bridgehead atoms. The molecule has 1 aromatic rings. The highest BCUT2D eigenvalue weighted by atomic mass is 19.3. The average molecular weight is 481 g/mol. The Morgan fingerprint density at radius 1 is 1.18 bits per heavy atom. The molecule has 0 aromatic carbocycles. The van der Waals surface area contributed by atoms with Crippen LogP contribution in [0.1, 0.15) is 44.3 Å². The monoisotopic (exact) mass is 480 g/mol. The third-order valence-electron chi connectivity index (χ3n) is 8.92. The third-order valence-corrected chi connectivity index (χ3v) is 8.92. The van der Waals surface area contributed by atoms with Crippen LogP contribution in [0.15, 0.2) is 18.3 Å². The highest BCUT2D eigenvalue weighted by molar-refractivity contribution is 5.46. The van der Waals surface area contributed by atoms with Gasteiger partial charge in [0.15, 0.2) is 0 Å². The van der Waals surface area contributed by atoms with Gasteiger partial charge in [0, 0.05) is 45.3 Å². The second-order valence-corrected chi connectivity index (χ2v) is 10.8. The van der Waals surface area contributed by atoms with Crippen LogP contribution >= 0.6 is 0 Å². The predicted molar refractivity (Wildman–Crippen MR) is 128 cm³/mol. The minimum atomic E-state index is -2.35. The van der Waals surface area contributed by atoms with Gasteiger partial charge in [0.05, 0.1) is 42.9 Å². The molecule has 0 radical (unpaired) electrons. The number of anilines is 1. The van der Waals surface area contributed by atoms with Crippen molar-refractivity contribution in [3.63, 3.8) is 0 Å². The van der Waals surface area contributed by atoms with Crippen LogP contribution in [0.2, 0.25) is 0 Å². The molecule has 9 heteroatoms. The summed E-state index contributed by atoms with van der Waals surface area (Å²) in [7, 11) is 2.08. The topological polar surface area (TPSA) is 46.7 Å². The largest absolute Gasteiger partial charge is 0.368 e. The van der Waals surface area contributed by atoms with Crippen LogP contribution in [0.5, 0.6) is 0 Å². The number of halogens is 3. The first-order chi connectivity index (χ1) is 16.5. The number of aromatic nitrogens is 1. The van der Waals surface area contributed by atoms with Gasteiger partial charge in [-0.25, -0.2) is 8.78 Å². The second-order valence-electron chi connectivity index (χ2n) is 10.8. The van der Waals surface area contributed by atoms with Gasteiger partial charge in [-0.15, -0.1) is 0 Å². The van der Waals surface area contributed by atoms with Gasteiger partial charge in [0.2, 0.25) is 0 Å². The molecule has 4 heterocycles. The van der Waals surface area contributed by atoms with E-state index in [0.29, 0.717) is 36.3 Å². The van der Waals surface area contributed by atoms with E-state index in [1.165, 1.54) is 0 Å². The van der Waals surface area contributed by atoms with E-state index < -0.39 is 6.43 Å². The van der Waals surface area contributed by atoms with Gasteiger partial charge >= 0.3 is 0 Å². The molecule has 4 aliphatic rings. The van der Waals surface area contributed by atoms with E-state index in [9.17, 15) is 13.2 Å². The highest BCUT2D eigenvalue weighted by Crippen LogP contribution is 2.51. The molecule has 1 aromatic heterocycles. The van der Waals surface area contributed by atoms with Crippen molar-refractivity contribution in [3.05, 3.63) is 24.0 Å². The first kappa shape index (κ1) is 24.3. The van der Waals surface area contributed by atoms with Crippen LogP contribution in [-0.4, -0.2) is 85.8 Å². The molecule has 6 nitrogen and oxygen atoms in total. The molecule has 6 atom stereocenters. The summed E-state index contributed by atoms with van der Waals surface area (Å²) in [6.45, 7) is 5.30. The van der Waals surface area contributed by atoms with Gasteiger partial charge in [0.1, 0.15) is 0 Å². The molecule has 2 N–H and O–H groups in total. The van der Waals surface area contributed by atoms with Crippen molar-refractivity contribution in [2.24, 2.45) is 17.8 Å². The fraction of sp³-hybridized carbons (Fsp3) is 0.800. The van der Waals surface area contributed by atoms with Crippen molar-refractivity contribution in [1.82, 2.24) is 25.6 Å². The molecule has 34 heavy (non-hydrogen) atoms. The van der Waals surface area contributed by atoms with Crippen molar-refractivity contribution in [1.29, 1.82) is 0 Å². The zero-order valence-corrected chi connectivity index (χ0v) is 20.3. The summed E-state index contributed by atoms with van der Waals surface area (Å²) in [5.74, 6) is 1.43. The first-order valence-corrected chi connectivity index (χ1v) is 13.0. The number of pyridine rings is 1. The SMILES string of the molecule is C[C@@H]1CC2C3CNNC3CCC2[C@@H](c2ccc(N(C)C3CN(CCCF)C3)cn2)N1CC(F)F. The van der Waals surface area contributed by atoms with Gasteiger partial charge in [-0.3, -0.25) is 30.0 Å².